The van der Waals surface area contributed by atoms with Gasteiger partial charge in [-0.15, -0.1) is 0 Å². The van der Waals surface area contributed by atoms with Crippen molar-refractivity contribution in [1.82, 2.24) is 5.32 Å². The molecule has 2 N–H and O–H groups in total. The molecular weight excluding hydrogens is 258 g/mol. The molecule has 1 fully saturated rings. The number of carbonyl (C=O) groups is 1. The molecule has 2 atom stereocenters. The van der Waals surface area contributed by atoms with E-state index in [-0.39, 0.29) is 29.3 Å². The van der Waals surface area contributed by atoms with Gasteiger partial charge in [0.1, 0.15) is 5.76 Å². The van der Waals surface area contributed by atoms with Crippen molar-refractivity contribution in [1.29, 1.82) is 0 Å². The average molecular weight is 273 g/mol. The monoisotopic (exact) mass is 273 g/mol. The Balaban J connectivity index is 1.99. The Morgan fingerprint density at radius 3 is 2.78 bits per heavy atom. The summed E-state index contributed by atoms with van der Waals surface area (Å²) < 4.78 is 27.8. The van der Waals surface area contributed by atoms with Gasteiger partial charge in [-0.1, -0.05) is 0 Å². The Morgan fingerprint density at radius 1 is 1.56 bits per heavy atom. The summed E-state index contributed by atoms with van der Waals surface area (Å²) in [4.78, 5) is 10.7. The molecule has 1 aliphatic rings. The molecule has 1 aliphatic heterocycles. The summed E-state index contributed by atoms with van der Waals surface area (Å²) >= 11 is 0. The third kappa shape index (κ3) is 2.91. The van der Waals surface area contributed by atoms with E-state index in [1.54, 1.807) is 6.07 Å². The van der Waals surface area contributed by atoms with E-state index < -0.39 is 15.8 Å². The Kier molecular flexibility index (Phi) is 3.45. The molecule has 0 aromatic carbocycles. The fourth-order valence-electron chi connectivity index (χ4n) is 2.06. The van der Waals surface area contributed by atoms with Gasteiger partial charge in [0.05, 0.1) is 17.5 Å². The van der Waals surface area contributed by atoms with Gasteiger partial charge in [0.2, 0.25) is 5.76 Å². The molecule has 1 aromatic rings. The molecule has 0 bridgehead atoms. The minimum Gasteiger partial charge on any atom is -0.475 e. The third-order valence-electron chi connectivity index (χ3n) is 2.98. The predicted molar refractivity (Wildman–Crippen MR) is 64.3 cm³/mol. The van der Waals surface area contributed by atoms with Gasteiger partial charge >= 0.3 is 5.97 Å². The van der Waals surface area contributed by atoms with Crippen molar-refractivity contribution in [2.45, 2.75) is 25.4 Å². The Labute approximate surface area is 105 Å². The van der Waals surface area contributed by atoms with E-state index in [0.29, 0.717) is 12.2 Å². The lowest BCUT2D eigenvalue weighted by atomic mass is 10.2. The number of carboxylic acid groups (broad SMARTS) is 1. The van der Waals surface area contributed by atoms with Crippen LogP contribution in [0.4, 0.5) is 0 Å². The molecule has 2 unspecified atom stereocenters. The smallest absolute Gasteiger partial charge is 0.371 e. The van der Waals surface area contributed by atoms with Crippen molar-refractivity contribution in [2.24, 2.45) is 0 Å². The van der Waals surface area contributed by atoms with Gasteiger partial charge in [-0.3, -0.25) is 0 Å². The first-order valence-electron chi connectivity index (χ1n) is 5.67. The maximum Gasteiger partial charge on any atom is 0.371 e. The number of hydrogen-bond donors (Lipinski definition) is 2. The minimum absolute atomic E-state index is 0.0941. The zero-order valence-corrected chi connectivity index (χ0v) is 10.7. The fourth-order valence-corrected chi connectivity index (χ4v) is 3.75. The highest BCUT2D eigenvalue weighted by atomic mass is 32.2. The van der Waals surface area contributed by atoms with E-state index >= 15 is 0 Å². The van der Waals surface area contributed by atoms with Crippen molar-refractivity contribution >= 4 is 15.8 Å². The van der Waals surface area contributed by atoms with Crippen LogP contribution in [0.5, 0.6) is 0 Å². The fraction of sp³-hybridized carbons (Fsp3) is 0.545. The number of nitrogens with one attached hydrogen (secondary N) is 1. The summed E-state index contributed by atoms with van der Waals surface area (Å²) in [5, 5.41) is 11.9. The first-order chi connectivity index (χ1) is 8.37. The lowest BCUT2D eigenvalue weighted by Crippen LogP contribution is -2.32. The van der Waals surface area contributed by atoms with Crippen LogP contribution in [0.25, 0.3) is 0 Å². The van der Waals surface area contributed by atoms with Gasteiger partial charge in [-0.2, -0.15) is 0 Å². The molecule has 100 valence electrons. The third-order valence-corrected chi connectivity index (χ3v) is 4.75. The van der Waals surface area contributed by atoms with Gasteiger partial charge in [0.25, 0.3) is 0 Å². The van der Waals surface area contributed by atoms with Crippen LogP contribution in [-0.4, -0.2) is 37.0 Å². The summed E-state index contributed by atoms with van der Waals surface area (Å²) in [6, 6.07) is 2.67. The Hall–Kier alpha value is -1.34. The highest BCUT2D eigenvalue weighted by Crippen LogP contribution is 2.20. The van der Waals surface area contributed by atoms with Crippen LogP contribution in [0.2, 0.25) is 0 Å². The second kappa shape index (κ2) is 4.74. The SMILES string of the molecule is CC(NC1CCS(=O)(=O)C1)c1ccc(C(=O)O)o1. The van der Waals surface area contributed by atoms with Crippen LogP contribution in [-0.2, 0) is 9.84 Å². The van der Waals surface area contributed by atoms with Gasteiger partial charge in [0, 0.05) is 6.04 Å². The normalized spacial score (nSPS) is 23.9. The van der Waals surface area contributed by atoms with Crippen LogP contribution >= 0.6 is 0 Å². The number of furan rings is 1. The molecule has 0 radical (unpaired) electrons. The molecule has 2 rings (SSSR count). The maximum absolute atomic E-state index is 11.3. The van der Waals surface area contributed by atoms with Crippen LogP contribution in [0.1, 0.15) is 35.7 Å². The molecule has 2 heterocycles. The van der Waals surface area contributed by atoms with Gasteiger partial charge < -0.3 is 14.8 Å². The Bertz CT molecular complexity index is 548. The van der Waals surface area contributed by atoms with E-state index in [2.05, 4.69) is 5.32 Å². The second-order valence-corrected chi connectivity index (χ2v) is 6.72. The zero-order valence-electron chi connectivity index (χ0n) is 9.92. The van der Waals surface area contributed by atoms with Crippen molar-refractivity contribution in [3.63, 3.8) is 0 Å². The van der Waals surface area contributed by atoms with Gasteiger partial charge in [0.15, 0.2) is 9.84 Å². The molecule has 7 heteroatoms. The molecule has 0 amide bonds. The summed E-state index contributed by atoms with van der Waals surface area (Å²) in [5.74, 6) is -0.397. The summed E-state index contributed by atoms with van der Waals surface area (Å²) in [6.45, 7) is 1.81. The van der Waals surface area contributed by atoms with Crippen molar-refractivity contribution in [2.75, 3.05) is 11.5 Å². The second-order valence-electron chi connectivity index (χ2n) is 4.50. The number of hydrogen-bond acceptors (Lipinski definition) is 5. The van der Waals surface area contributed by atoms with E-state index in [0.717, 1.165) is 0 Å². The number of carboxylic acids is 1. The predicted octanol–water partition coefficient (Wildman–Crippen LogP) is 0.815. The van der Waals surface area contributed by atoms with Crippen LogP contribution < -0.4 is 5.32 Å². The lowest BCUT2D eigenvalue weighted by molar-refractivity contribution is 0.0659. The highest BCUT2D eigenvalue weighted by Gasteiger charge is 2.29. The van der Waals surface area contributed by atoms with E-state index in [4.69, 9.17) is 9.52 Å². The highest BCUT2D eigenvalue weighted by molar-refractivity contribution is 7.91. The zero-order chi connectivity index (χ0) is 13.3. The molecule has 0 saturated carbocycles. The quantitative estimate of drug-likeness (QED) is 0.843. The first kappa shape index (κ1) is 13.1. The molecular formula is C11H15NO5S. The van der Waals surface area contributed by atoms with Crippen molar-refractivity contribution in [3.05, 3.63) is 23.7 Å². The topological polar surface area (TPSA) is 96.6 Å². The summed E-state index contributed by atoms with van der Waals surface area (Å²) in [5.41, 5.74) is 0. The maximum atomic E-state index is 11.3. The van der Waals surface area contributed by atoms with Crippen LogP contribution in [0.3, 0.4) is 0 Å². The molecule has 1 saturated heterocycles. The van der Waals surface area contributed by atoms with Gasteiger partial charge in [-0.25, -0.2) is 13.2 Å². The van der Waals surface area contributed by atoms with Crippen molar-refractivity contribution in [3.8, 4) is 0 Å². The molecule has 0 aliphatic carbocycles. The molecule has 18 heavy (non-hydrogen) atoms. The largest absolute Gasteiger partial charge is 0.475 e. The van der Waals surface area contributed by atoms with Crippen molar-refractivity contribution < 1.29 is 22.7 Å². The lowest BCUT2D eigenvalue weighted by Gasteiger charge is -2.16. The summed E-state index contributed by atoms with van der Waals surface area (Å²) in [7, 11) is -2.92. The minimum atomic E-state index is -2.92. The van der Waals surface area contributed by atoms with E-state index in [9.17, 15) is 13.2 Å². The number of sulfone groups is 1. The van der Waals surface area contributed by atoms with Crippen LogP contribution in [0, 0.1) is 0 Å². The summed E-state index contributed by atoms with van der Waals surface area (Å²) in [6.07, 6.45) is 0.583. The Morgan fingerprint density at radius 2 is 2.28 bits per heavy atom. The molecule has 1 aromatic heterocycles. The van der Waals surface area contributed by atoms with E-state index in [1.165, 1.54) is 6.07 Å². The standard InChI is InChI=1S/C11H15NO5S/c1-7(9-2-3-10(17-9)11(13)14)12-8-4-5-18(15,16)6-8/h2-3,7-8,12H,4-6H2,1H3,(H,13,14). The first-order valence-corrected chi connectivity index (χ1v) is 7.49. The molecule has 0 spiro atoms. The van der Waals surface area contributed by atoms with Gasteiger partial charge in [-0.05, 0) is 25.5 Å². The number of aromatic carboxylic acids is 1. The van der Waals surface area contributed by atoms with Crippen LogP contribution in [0.15, 0.2) is 16.5 Å². The number of rotatable bonds is 4. The average Bonchev–Trinajstić information content (AvgIpc) is 2.85. The van der Waals surface area contributed by atoms with E-state index in [1.807, 2.05) is 6.92 Å². The molecule has 6 nitrogen and oxygen atoms in total.